The Balaban J connectivity index is 0.00000289. The molecule has 1 fully saturated rings. The van der Waals surface area contributed by atoms with Gasteiger partial charge in [0.15, 0.2) is 24.4 Å². The van der Waals surface area contributed by atoms with E-state index >= 15 is 0 Å². The number of nitrogens with zero attached hydrogens (tertiary/aromatic N) is 4. The number of pyridine rings is 1. The number of carbonyl (C=O) groups excluding carboxylic acids is 1. The van der Waals surface area contributed by atoms with Crippen LogP contribution in [0.3, 0.4) is 0 Å². The summed E-state index contributed by atoms with van der Waals surface area (Å²) >= 11 is 2.95. The van der Waals surface area contributed by atoms with Crippen molar-refractivity contribution < 1.29 is 53.9 Å². The first-order chi connectivity index (χ1) is 15.0. The summed E-state index contributed by atoms with van der Waals surface area (Å²) in [7, 11) is 0. The first-order valence-electron chi connectivity index (χ1n) is 9.04. The molecule has 156 valence electrons. The van der Waals surface area contributed by atoms with Crippen LogP contribution in [-0.2, 0) is 11.3 Å². The van der Waals surface area contributed by atoms with Gasteiger partial charge in [0.1, 0.15) is 5.70 Å². The zero-order valence-corrected chi connectivity index (χ0v) is 20.5. The van der Waals surface area contributed by atoms with Crippen molar-refractivity contribution in [1.29, 1.82) is 5.26 Å². The molecule has 2 aromatic rings. The second-order valence-corrected chi connectivity index (χ2v) is 8.58. The van der Waals surface area contributed by atoms with E-state index in [4.69, 9.17) is 5.26 Å². The van der Waals surface area contributed by atoms with Gasteiger partial charge in [0.2, 0.25) is 6.19 Å². The molecular formula is C20H15N5NaO4S2+. The molecule has 4 heterocycles. The Morgan fingerprint density at radius 2 is 2.31 bits per heavy atom. The molecule has 0 bridgehead atoms. The molecule has 0 saturated carbocycles. The zero-order valence-electron chi connectivity index (χ0n) is 16.9. The number of carboxylic acids is 1. The SMILES string of the molecule is N#CN=C([O-])c1cc(-c2cccs2)c[n+](C/C=C/C2=C(C(=O)O)N3C(=O)NC3SC2)c1.[Na+]. The summed E-state index contributed by atoms with van der Waals surface area (Å²) in [6, 6.07) is 5.08. The second-order valence-electron chi connectivity index (χ2n) is 6.57. The van der Waals surface area contributed by atoms with Crippen LogP contribution < -0.4 is 44.5 Å². The van der Waals surface area contributed by atoms with Crippen LogP contribution in [0.4, 0.5) is 4.79 Å². The number of aromatic nitrogens is 1. The maximum absolute atomic E-state index is 12.1. The minimum absolute atomic E-state index is 0. The fourth-order valence-corrected chi connectivity index (χ4v) is 5.05. The summed E-state index contributed by atoms with van der Waals surface area (Å²) in [5, 5.41) is 34.9. The van der Waals surface area contributed by atoms with Crippen molar-refractivity contribution in [1.82, 2.24) is 10.2 Å². The molecule has 2 amide bonds. The van der Waals surface area contributed by atoms with E-state index in [9.17, 15) is 19.8 Å². The molecule has 0 aliphatic carbocycles. The Kier molecular flexibility index (Phi) is 7.76. The fourth-order valence-electron chi connectivity index (χ4n) is 3.24. The molecule has 32 heavy (non-hydrogen) atoms. The molecule has 1 unspecified atom stereocenters. The molecule has 2 aromatic heterocycles. The number of urea groups is 1. The molecule has 2 aliphatic rings. The number of hydrogen-bond acceptors (Lipinski definition) is 7. The molecule has 2 aliphatic heterocycles. The molecule has 9 nitrogen and oxygen atoms in total. The largest absolute Gasteiger partial charge is 1.00 e. The second kappa shape index (κ2) is 10.3. The van der Waals surface area contributed by atoms with E-state index in [1.807, 2.05) is 23.7 Å². The van der Waals surface area contributed by atoms with Crippen molar-refractivity contribution in [2.75, 3.05) is 5.75 Å². The molecule has 0 spiro atoms. The molecule has 2 N–H and O–H groups in total. The minimum atomic E-state index is -1.15. The Morgan fingerprint density at radius 1 is 1.50 bits per heavy atom. The third-order valence-corrected chi connectivity index (χ3v) is 6.65. The number of carbonyl (C=O) groups is 2. The van der Waals surface area contributed by atoms with Gasteiger partial charge in [0.05, 0.1) is 11.1 Å². The third-order valence-electron chi connectivity index (χ3n) is 4.60. The maximum atomic E-state index is 12.1. The molecule has 1 saturated heterocycles. The number of nitriles is 1. The van der Waals surface area contributed by atoms with E-state index in [0.717, 1.165) is 10.4 Å². The average molecular weight is 476 g/mol. The topological polar surface area (TPSA) is 133 Å². The fraction of sp³-hybridized carbons (Fsp3) is 0.150. The molecule has 0 radical (unpaired) electrons. The van der Waals surface area contributed by atoms with E-state index in [-0.39, 0.29) is 46.3 Å². The van der Waals surface area contributed by atoms with E-state index < -0.39 is 17.9 Å². The van der Waals surface area contributed by atoms with Crippen molar-refractivity contribution in [3.63, 3.8) is 0 Å². The number of nitrogens with one attached hydrogen (secondary N) is 1. The number of allylic oxidation sites excluding steroid dienone is 2. The van der Waals surface area contributed by atoms with E-state index in [1.165, 1.54) is 34.2 Å². The molecule has 12 heteroatoms. The number of fused-ring (bicyclic) bond motifs is 1. The van der Waals surface area contributed by atoms with Gasteiger partial charge >= 0.3 is 41.6 Å². The predicted molar refractivity (Wildman–Crippen MR) is 113 cm³/mol. The number of rotatable bonds is 6. The van der Waals surface area contributed by atoms with Crippen molar-refractivity contribution in [2.45, 2.75) is 12.0 Å². The number of hydrogen-bond donors (Lipinski definition) is 2. The van der Waals surface area contributed by atoms with Gasteiger partial charge < -0.3 is 15.5 Å². The number of carboxylic acid groups (broad SMARTS) is 1. The summed E-state index contributed by atoms with van der Waals surface area (Å²) in [5.41, 5.74) is 1.25. The molecule has 0 aromatic carbocycles. The van der Waals surface area contributed by atoms with Crippen molar-refractivity contribution in [2.24, 2.45) is 4.99 Å². The first-order valence-corrected chi connectivity index (χ1v) is 11.0. The van der Waals surface area contributed by atoms with Crippen LogP contribution in [0.15, 0.2) is 64.4 Å². The Hall–Kier alpha value is -2.62. The van der Waals surface area contributed by atoms with Gasteiger partial charge in [-0.1, -0.05) is 12.1 Å². The van der Waals surface area contributed by atoms with Crippen molar-refractivity contribution in [3.05, 3.63) is 65.0 Å². The monoisotopic (exact) mass is 476 g/mol. The number of thioether (sulfide) groups is 1. The van der Waals surface area contributed by atoms with Gasteiger partial charge in [-0.2, -0.15) is 10.3 Å². The van der Waals surface area contributed by atoms with Gasteiger partial charge in [0.25, 0.3) is 0 Å². The summed E-state index contributed by atoms with van der Waals surface area (Å²) in [5.74, 6) is -1.34. The van der Waals surface area contributed by atoms with Crippen LogP contribution >= 0.6 is 23.1 Å². The van der Waals surface area contributed by atoms with Gasteiger partial charge in [-0.3, -0.25) is 4.90 Å². The van der Waals surface area contributed by atoms with Crippen LogP contribution in [0.2, 0.25) is 0 Å². The van der Waals surface area contributed by atoms with Gasteiger partial charge in [-0.25, -0.2) is 14.2 Å². The van der Waals surface area contributed by atoms with Crippen LogP contribution in [0, 0.1) is 11.5 Å². The minimum Gasteiger partial charge on any atom is -0.857 e. The number of amides is 2. The maximum Gasteiger partial charge on any atom is 1.00 e. The van der Waals surface area contributed by atoms with Crippen molar-refractivity contribution >= 4 is 41.0 Å². The van der Waals surface area contributed by atoms with Gasteiger partial charge in [-0.15, -0.1) is 23.1 Å². The average Bonchev–Trinajstić information content (AvgIpc) is 3.28. The van der Waals surface area contributed by atoms with Crippen LogP contribution in [0.25, 0.3) is 10.4 Å². The van der Waals surface area contributed by atoms with Gasteiger partial charge in [0, 0.05) is 16.5 Å². The Morgan fingerprint density at radius 3 is 2.97 bits per heavy atom. The standard InChI is InChI=1S/C20H15N5O4S2.Na/c21-11-22-17(26)14-7-13(15-4-2-6-30-15)8-24(9-14)5-1-3-12-10-31-20-23-19(29)25(20)16(12)18(27)28;/h1-4,6-9,20H,5,10H2,(H2-,22,23,26,27,28,29);/q;+1/b3-1+;. The normalized spacial score (nSPS) is 17.8. The number of thiophene rings is 1. The molecular weight excluding hydrogens is 461 g/mol. The van der Waals surface area contributed by atoms with Crippen LogP contribution in [0.5, 0.6) is 0 Å². The van der Waals surface area contributed by atoms with Gasteiger partial charge in [-0.05, 0) is 29.2 Å². The summed E-state index contributed by atoms with van der Waals surface area (Å²) < 4.78 is 1.77. The predicted octanol–water partition coefficient (Wildman–Crippen LogP) is -1.75. The third kappa shape index (κ3) is 4.90. The van der Waals surface area contributed by atoms with E-state index in [2.05, 4.69) is 10.3 Å². The quantitative estimate of drug-likeness (QED) is 0.167. The smallest absolute Gasteiger partial charge is 0.857 e. The summed E-state index contributed by atoms with van der Waals surface area (Å²) in [6.07, 6.45) is 8.42. The number of aliphatic carboxylic acids is 1. The van der Waals surface area contributed by atoms with E-state index in [1.54, 1.807) is 29.0 Å². The Labute approximate surface area is 213 Å². The van der Waals surface area contributed by atoms with Crippen LogP contribution in [-0.4, -0.2) is 39.2 Å². The van der Waals surface area contributed by atoms with Crippen molar-refractivity contribution in [3.8, 4) is 16.6 Å². The van der Waals surface area contributed by atoms with Crippen LogP contribution in [0.1, 0.15) is 5.56 Å². The summed E-state index contributed by atoms with van der Waals surface area (Å²) in [6.45, 7) is 0.350. The molecule has 1 atom stereocenters. The first kappa shape index (κ1) is 24.0. The number of aliphatic imine (C=N–C) groups is 1. The Bertz CT molecular complexity index is 1190. The zero-order chi connectivity index (χ0) is 22.0. The van der Waals surface area contributed by atoms with E-state index in [0.29, 0.717) is 17.9 Å². The summed E-state index contributed by atoms with van der Waals surface area (Å²) in [4.78, 5) is 28.9. The molecule has 4 rings (SSSR count).